The number of hydrogen-bond acceptors (Lipinski definition) is 3. The van der Waals surface area contributed by atoms with Crippen molar-refractivity contribution in [2.24, 2.45) is 5.73 Å². The Morgan fingerprint density at radius 1 is 1.44 bits per heavy atom. The molecule has 1 aromatic heterocycles. The predicted octanol–water partition coefficient (Wildman–Crippen LogP) is 2.41. The summed E-state index contributed by atoms with van der Waals surface area (Å²) >= 11 is 0. The van der Waals surface area contributed by atoms with Crippen molar-refractivity contribution in [3.8, 4) is 0 Å². The lowest BCUT2D eigenvalue weighted by atomic mass is 9.96. The van der Waals surface area contributed by atoms with Crippen LogP contribution in [0.5, 0.6) is 0 Å². The van der Waals surface area contributed by atoms with Gasteiger partial charge in [0.15, 0.2) is 0 Å². The van der Waals surface area contributed by atoms with E-state index in [0.29, 0.717) is 6.54 Å². The number of nitrogens with two attached hydrogens (primary N) is 1. The van der Waals surface area contributed by atoms with Crippen molar-refractivity contribution in [2.45, 2.75) is 58.7 Å². The van der Waals surface area contributed by atoms with E-state index in [1.165, 1.54) is 5.69 Å². The van der Waals surface area contributed by atoms with E-state index < -0.39 is 0 Å². The van der Waals surface area contributed by atoms with Crippen LogP contribution in [0.3, 0.4) is 0 Å². The van der Waals surface area contributed by atoms with Crippen LogP contribution in [0.25, 0.3) is 0 Å². The first-order valence-corrected chi connectivity index (χ1v) is 6.91. The first-order chi connectivity index (χ1) is 8.47. The lowest BCUT2D eigenvalue weighted by molar-refractivity contribution is 0.0962. The molecule has 1 heterocycles. The number of nitrogens with zero attached hydrogens (tertiary/aromatic N) is 3. The van der Waals surface area contributed by atoms with Gasteiger partial charge in [-0.25, -0.2) is 4.98 Å². The molecule has 104 valence electrons. The molecule has 0 aliphatic carbocycles. The Kier molecular flexibility index (Phi) is 5.35. The van der Waals surface area contributed by atoms with E-state index >= 15 is 0 Å². The number of likely N-dealkylation sites (N-methyl/N-ethyl adjacent to an activating group) is 1. The number of imidazole rings is 1. The minimum Gasteiger partial charge on any atom is -0.333 e. The number of hydrogen-bond donors (Lipinski definition) is 1. The van der Waals surface area contributed by atoms with Crippen LogP contribution in [0.1, 0.15) is 52.3 Å². The molecule has 18 heavy (non-hydrogen) atoms. The Bertz CT molecular complexity index is 356. The summed E-state index contributed by atoms with van der Waals surface area (Å²) in [6.45, 7) is 10.5. The molecular formula is C14H28N4. The molecule has 0 saturated carbocycles. The predicted molar refractivity (Wildman–Crippen MR) is 76.4 cm³/mol. The molecular weight excluding hydrogens is 224 g/mol. The van der Waals surface area contributed by atoms with Crippen LogP contribution in [0, 0.1) is 0 Å². The van der Waals surface area contributed by atoms with Crippen LogP contribution in [0.15, 0.2) is 12.5 Å². The molecule has 0 amide bonds. The van der Waals surface area contributed by atoms with Crippen molar-refractivity contribution in [2.75, 3.05) is 13.6 Å². The molecule has 1 aromatic rings. The molecule has 0 spiro atoms. The largest absolute Gasteiger partial charge is 0.333 e. The van der Waals surface area contributed by atoms with Gasteiger partial charge in [0.2, 0.25) is 0 Å². The van der Waals surface area contributed by atoms with Gasteiger partial charge in [-0.3, -0.25) is 4.90 Å². The van der Waals surface area contributed by atoms with E-state index in [1.54, 1.807) is 0 Å². The van der Waals surface area contributed by atoms with Crippen LogP contribution in [0.4, 0.5) is 0 Å². The van der Waals surface area contributed by atoms with Gasteiger partial charge in [0.05, 0.1) is 18.1 Å². The normalized spacial score (nSPS) is 14.2. The maximum atomic E-state index is 6.00. The molecule has 0 radical (unpaired) electrons. The van der Waals surface area contributed by atoms with Crippen LogP contribution in [-0.4, -0.2) is 33.6 Å². The van der Waals surface area contributed by atoms with Crippen LogP contribution >= 0.6 is 0 Å². The summed E-state index contributed by atoms with van der Waals surface area (Å²) < 4.78 is 2.22. The van der Waals surface area contributed by atoms with E-state index in [1.807, 2.05) is 12.5 Å². The third-order valence-electron chi connectivity index (χ3n) is 4.06. The van der Waals surface area contributed by atoms with E-state index in [2.05, 4.69) is 49.2 Å². The first-order valence-electron chi connectivity index (χ1n) is 6.91. The highest BCUT2D eigenvalue weighted by molar-refractivity contribution is 5.08. The second-order valence-corrected chi connectivity index (χ2v) is 5.54. The van der Waals surface area contributed by atoms with Crippen LogP contribution < -0.4 is 5.73 Å². The quantitative estimate of drug-likeness (QED) is 0.810. The summed E-state index contributed by atoms with van der Waals surface area (Å²) in [6, 6.07) is 0.231. The maximum Gasteiger partial charge on any atom is 0.0948 e. The fraction of sp³-hybridized carbons (Fsp3) is 0.786. The Morgan fingerprint density at radius 3 is 2.61 bits per heavy atom. The smallest absolute Gasteiger partial charge is 0.0948 e. The zero-order valence-corrected chi connectivity index (χ0v) is 12.5. The topological polar surface area (TPSA) is 47.1 Å². The minimum absolute atomic E-state index is 0.144. The lowest BCUT2D eigenvalue weighted by Gasteiger charge is -2.40. The lowest BCUT2D eigenvalue weighted by Crippen LogP contribution is -2.45. The summed E-state index contributed by atoms with van der Waals surface area (Å²) in [7, 11) is 2.16. The van der Waals surface area contributed by atoms with Crippen molar-refractivity contribution in [3.63, 3.8) is 0 Å². The standard InChI is InChI=1S/C14H28N4/c1-6-8-18-11-16-10-13(18)12(9-15)17(5)14(3,4)7-2/h10-12H,6-9,15H2,1-5H3. The maximum absolute atomic E-state index is 6.00. The number of rotatable bonds is 7. The van der Waals surface area contributed by atoms with Crippen LogP contribution in [-0.2, 0) is 6.54 Å². The van der Waals surface area contributed by atoms with E-state index in [0.717, 1.165) is 19.4 Å². The highest BCUT2D eigenvalue weighted by Crippen LogP contribution is 2.27. The average Bonchev–Trinajstić information content (AvgIpc) is 2.79. The molecule has 1 unspecified atom stereocenters. The second kappa shape index (κ2) is 6.34. The molecule has 0 saturated heterocycles. The van der Waals surface area contributed by atoms with Crippen molar-refractivity contribution in [3.05, 3.63) is 18.2 Å². The second-order valence-electron chi connectivity index (χ2n) is 5.54. The van der Waals surface area contributed by atoms with Gasteiger partial charge in [-0.1, -0.05) is 13.8 Å². The van der Waals surface area contributed by atoms with Crippen LogP contribution in [0.2, 0.25) is 0 Å². The number of aryl methyl sites for hydroxylation is 1. The third-order valence-corrected chi connectivity index (χ3v) is 4.06. The molecule has 4 heteroatoms. The van der Waals surface area contributed by atoms with Crippen molar-refractivity contribution < 1.29 is 0 Å². The van der Waals surface area contributed by atoms with Crippen molar-refractivity contribution in [1.82, 2.24) is 14.5 Å². The molecule has 0 aliphatic heterocycles. The van der Waals surface area contributed by atoms with Gasteiger partial charge in [-0.2, -0.15) is 0 Å². The van der Waals surface area contributed by atoms with Gasteiger partial charge < -0.3 is 10.3 Å². The van der Waals surface area contributed by atoms with E-state index in [4.69, 9.17) is 5.73 Å². The highest BCUT2D eigenvalue weighted by Gasteiger charge is 2.29. The van der Waals surface area contributed by atoms with Gasteiger partial charge in [0, 0.05) is 24.8 Å². The van der Waals surface area contributed by atoms with Gasteiger partial charge in [-0.05, 0) is 33.7 Å². The van der Waals surface area contributed by atoms with E-state index in [9.17, 15) is 0 Å². The highest BCUT2D eigenvalue weighted by atomic mass is 15.2. The molecule has 2 N–H and O–H groups in total. The summed E-state index contributed by atoms with van der Waals surface area (Å²) in [6.07, 6.45) is 6.08. The van der Waals surface area contributed by atoms with E-state index in [-0.39, 0.29) is 11.6 Å². The Balaban J connectivity index is 2.98. The third kappa shape index (κ3) is 3.12. The Hall–Kier alpha value is -0.870. The molecule has 0 bridgehead atoms. The Labute approximate surface area is 111 Å². The SMILES string of the molecule is CCCn1cncc1C(CN)N(C)C(C)(C)CC. The summed E-state index contributed by atoms with van der Waals surface area (Å²) in [5, 5.41) is 0. The molecule has 4 nitrogen and oxygen atoms in total. The summed E-state index contributed by atoms with van der Waals surface area (Å²) in [5.41, 5.74) is 7.37. The zero-order chi connectivity index (χ0) is 13.8. The monoisotopic (exact) mass is 252 g/mol. The van der Waals surface area contributed by atoms with Crippen molar-refractivity contribution in [1.29, 1.82) is 0 Å². The van der Waals surface area contributed by atoms with Gasteiger partial charge in [-0.15, -0.1) is 0 Å². The van der Waals surface area contributed by atoms with Gasteiger partial charge >= 0.3 is 0 Å². The molecule has 1 rings (SSSR count). The molecule has 1 atom stereocenters. The fourth-order valence-electron chi connectivity index (χ4n) is 2.18. The molecule has 0 fully saturated rings. The van der Waals surface area contributed by atoms with Gasteiger partial charge in [0.25, 0.3) is 0 Å². The summed E-state index contributed by atoms with van der Waals surface area (Å²) in [4.78, 5) is 6.65. The fourth-order valence-corrected chi connectivity index (χ4v) is 2.18. The average molecular weight is 252 g/mol. The first kappa shape index (κ1) is 15.2. The number of aromatic nitrogens is 2. The Morgan fingerprint density at radius 2 is 2.11 bits per heavy atom. The van der Waals surface area contributed by atoms with Gasteiger partial charge in [0.1, 0.15) is 0 Å². The molecule has 0 aromatic carbocycles. The zero-order valence-electron chi connectivity index (χ0n) is 12.5. The summed E-state index contributed by atoms with van der Waals surface area (Å²) in [5.74, 6) is 0. The minimum atomic E-state index is 0.144. The molecule has 0 aliphatic rings. The van der Waals surface area contributed by atoms with Crippen molar-refractivity contribution >= 4 is 0 Å².